The predicted molar refractivity (Wildman–Crippen MR) is 147 cm³/mol. The molecule has 1 aromatic carbocycles. The van der Waals surface area contributed by atoms with Crippen molar-refractivity contribution in [3.05, 3.63) is 29.8 Å². The van der Waals surface area contributed by atoms with Crippen LogP contribution in [0.25, 0.3) is 0 Å². The molecule has 0 atom stereocenters. The molecular formula is C30H54O3S. The van der Waals surface area contributed by atoms with Crippen molar-refractivity contribution >= 4 is 10.1 Å². The van der Waals surface area contributed by atoms with Crippen LogP contribution in [0.3, 0.4) is 0 Å². The van der Waals surface area contributed by atoms with Crippen LogP contribution in [0.2, 0.25) is 0 Å². The van der Waals surface area contributed by atoms with E-state index in [4.69, 9.17) is 4.55 Å². The molecule has 1 rings (SSSR count). The average Bonchev–Trinajstić information content (AvgIpc) is 2.82. The highest BCUT2D eigenvalue weighted by Gasteiger charge is 2.09. The standard InChI is InChI=1S/C30H54O3S/c1-2-3-4-5-6-7-8-9-10-11-12-13-14-15-16-17-18-19-20-21-22-23-25-29-26-24-27-30(28-29)34(31,32)33/h24,26-28H,2-23,25H2,1H3,(H,31,32,33). The van der Waals surface area contributed by atoms with Crippen LogP contribution in [-0.2, 0) is 16.5 Å². The number of hydrogen-bond donors (Lipinski definition) is 1. The van der Waals surface area contributed by atoms with E-state index in [9.17, 15) is 8.42 Å². The first-order chi connectivity index (χ1) is 16.5. The van der Waals surface area contributed by atoms with Crippen LogP contribution in [0.4, 0.5) is 0 Å². The first-order valence-electron chi connectivity index (χ1n) is 14.6. The van der Waals surface area contributed by atoms with E-state index in [1.807, 2.05) is 6.07 Å². The predicted octanol–water partition coefficient (Wildman–Crippen LogP) is 10.1. The second kappa shape index (κ2) is 21.4. The molecule has 0 unspecified atom stereocenters. The third-order valence-corrected chi connectivity index (χ3v) is 7.86. The van der Waals surface area contributed by atoms with Gasteiger partial charge >= 0.3 is 0 Å². The molecule has 0 bridgehead atoms. The van der Waals surface area contributed by atoms with Crippen molar-refractivity contribution in [1.29, 1.82) is 0 Å². The Bertz CT molecular complexity index is 684. The van der Waals surface area contributed by atoms with Gasteiger partial charge < -0.3 is 0 Å². The Morgan fingerprint density at radius 3 is 1.26 bits per heavy atom. The lowest BCUT2D eigenvalue weighted by Crippen LogP contribution is -1.98. The molecule has 0 aliphatic rings. The van der Waals surface area contributed by atoms with E-state index in [0.29, 0.717) is 0 Å². The van der Waals surface area contributed by atoms with E-state index < -0.39 is 10.1 Å². The maximum atomic E-state index is 11.2. The van der Waals surface area contributed by atoms with Gasteiger partial charge in [-0.3, -0.25) is 4.55 Å². The van der Waals surface area contributed by atoms with Crippen molar-refractivity contribution < 1.29 is 13.0 Å². The fourth-order valence-corrected chi connectivity index (χ4v) is 5.35. The first kappa shape index (κ1) is 31.2. The maximum absolute atomic E-state index is 11.2. The van der Waals surface area contributed by atoms with Gasteiger partial charge in [-0.25, -0.2) is 0 Å². The SMILES string of the molecule is CCCCCCCCCCCCCCCCCCCCCCCCc1cccc(S(=O)(=O)O)c1. The van der Waals surface area contributed by atoms with Crippen LogP contribution in [0, 0.1) is 0 Å². The van der Waals surface area contributed by atoms with Crippen LogP contribution < -0.4 is 0 Å². The summed E-state index contributed by atoms with van der Waals surface area (Å²) in [5.41, 5.74) is 0.989. The zero-order valence-corrected chi connectivity index (χ0v) is 23.1. The lowest BCUT2D eigenvalue weighted by molar-refractivity contribution is 0.483. The van der Waals surface area contributed by atoms with Gasteiger partial charge in [0.25, 0.3) is 10.1 Å². The lowest BCUT2D eigenvalue weighted by atomic mass is 10.0. The Morgan fingerprint density at radius 2 is 0.912 bits per heavy atom. The van der Waals surface area contributed by atoms with Crippen LogP contribution in [-0.4, -0.2) is 13.0 Å². The number of unbranched alkanes of at least 4 members (excludes halogenated alkanes) is 21. The molecule has 3 nitrogen and oxygen atoms in total. The zero-order valence-electron chi connectivity index (χ0n) is 22.2. The largest absolute Gasteiger partial charge is 0.294 e. The van der Waals surface area contributed by atoms with Crippen LogP contribution in [0.1, 0.15) is 154 Å². The van der Waals surface area contributed by atoms with Crippen LogP contribution >= 0.6 is 0 Å². The molecule has 4 heteroatoms. The third-order valence-electron chi connectivity index (χ3n) is 7.02. The van der Waals surface area contributed by atoms with Crippen molar-refractivity contribution in [3.8, 4) is 0 Å². The molecule has 34 heavy (non-hydrogen) atoms. The highest BCUT2D eigenvalue weighted by Crippen LogP contribution is 2.17. The highest BCUT2D eigenvalue weighted by atomic mass is 32.2. The molecule has 0 amide bonds. The minimum atomic E-state index is -4.09. The van der Waals surface area contributed by atoms with E-state index in [0.717, 1.165) is 18.4 Å². The van der Waals surface area contributed by atoms with E-state index in [1.165, 1.54) is 141 Å². The van der Waals surface area contributed by atoms with Crippen molar-refractivity contribution in [2.75, 3.05) is 0 Å². The molecule has 0 heterocycles. The molecule has 198 valence electrons. The summed E-state index contributed by atoms with van der Waals surface area (Å²) in [7, 11) is -4.09. The average molecular weight is 495 g/mol. The normalized spacial score (nSPS) is 11.8. The maximum Gasteiger partial charge on any atom is 0.294 e. The van der Waals surface area contributed by atoms with Gasteiger partial charge in [0.1, 0.15) is 0 Å². The summed E-state index contributed by atoms with van der Waals surface area (Å²) < 4.78 is 31.6. The Labute approximate surface area is 212 Å². The van der Waals surface area contributed by atoms with Gasteiger partial charge in [-0.1, -0.05) is 154 Å². The monoisotopic (exact) mass is 494 g/mol. The summed E-state index contributed by atoms with van der Waals surface area (Å²) >= 11 is 0. The smallest absolute Gasteiger partial charge is 0.282 e. The molecular weight excluding hydrogens is 440 g/mol. The van der Waals surface area contributed by atoms with E-state index in [2.05, 4.69) is 6.92 Å². The van der Waals surface area contributed by atoms with Gasteiger partial charge in [-0.05, 0) is 30.5 Å². The van der Waals surface area contributed by atoms with Gasteiger partial charge in [-0.15, -0.1) is 0 Å². The summed E-state index contributed by atoms with van der Waals surface area (Å²) in [6, 6.07) is 6.67. The summed E-state index contributed by atoms with van der Waals surface area (Å²) in [4.78, 5) is 0.00352. The summed E-state index contributed by atoms with van der Waals surface area (Å²) in [6.45, 7) is 2.29. The highest BCUT2D eigenvalue weighted by molar-refractivity contribution is 7.85. The van der Waals surface area contributed by atoms with Crippen LogP contribution in [0.15, 0.2) is 29.2 Å². The quantitative estimate of drug-likeness (QED) is 0.115. The van der Waals surface area contributed by atoms with Gasteiger partial charge in [0.15, 0.2) is 0 Å². The minimum Gasteiger partial charge on any atom is -0.282 e. The molecule has 0 aliphatic heterocycles. The van der Waals surface area contributed by atoms with Crippen molar-refractivity contribution in [2.45, 2.75) is 159 Å². The van der Waals surface area contributed by atoms with E-state index in [-0.39, 0.29) is 4.90 Å². The fraction of sp³-hybridized carbons (Fsp3) is 0.800. The Kier molecular flexibility index (Phi) is 19.6. The molecule has 0 aromatic heterocycles. The number of hydrogen-bond acceptors (Lipinski definition) is 2. The van der Waals surface area contributed by atoms with Crippen molar-refractivity contribution in [1.82, 2.24) is 0 Å². The second-order valence-corrected chi connectivity index (χ2v) is 11.7. The molecule has 0 radical (unpaired) electrons. The first-order valence-corrected chi connectivity index (χ1v) is 16.0. The molecule has 0 spiro atoms. The summed E-state index contributed by atoms with van der Waals surface area (Å²) in [5.74, 6) is 0. The number of rotatable bonds is 24. The Balaban J connectivity index is 1.78. The van der Waals surface area contributed by atoms with Gasteiger partial charge in [-0.2, -0.15) is 8.42 Å². The van der Waals surface area contributed by atoms with E-state index in [1.54, 1.807) is 12.1 Å². The molecule has 0 saturated carbocycles. The van der Waals surface area contributed by atoms with Crippen molar-refractivity contribution in [3.63, 3.8) is 0 Å². The molecule has 1 N–H and O–H groups in total. The zero-order chi connectivity index (χ0) is 24.7. The second-order valence-electron chi connectivity index (χ2n) is 10.3. The van der Waals surface area contributed by atoms with E-state index >= 15 is 0 Å². The van der Waals surface area contributed by atoms with Crippen LogP contribution in [0.5, 0.6) is 0 Å². The lowest BCUT2D eigenvalue weighted by Gasteiger charge is -2.05. The third kappa shape index (κ3) is 18.5. The number of benzene rings is 1. The fourth-order valence-electron chi connectivity index (χ4n) is 4.80. The molecule has 1 aromatic rings. The van der Waals surface area contributed by atoms with Gasteiger partial charge in [0.05, 0.1) is 4.90 Å². The topological polar surface area (TPSA) is 54.4 Å². The van der Waals surface area contributed by atoms with Gasteiger partial charge in [0.2, 0.25) is 0 Å². The van der Waals surface area contributed by atoms with Gasteiger partial charge in [0, 0.05) is 0 Å². The Hall–Kier alpha value is -0.870. The van der Waals surface area contributed by atoms with Crippen molar-refractivity contribution in [2.24, 2.45) is 0 Å². The number of aryl methyl sites for hydroxylation is 1. The Morgan fingerprint density at radius 1 is 0.559 bits per heavy atom. The molecule has 0 saturated heterocycles. The molecule has 0 aliphatic carbocycles. The molecule has 0 fully saturated rings. The minimum absolute atomic E-state index is 0.00352. The summed E-state index contributed by atoms with van der Waals surface area (Å²) in [5, 5.41) is 0. The summed E-state index contributed by atoms with van der Waals surface area (Å²) in [6.07, 6.45) is 31.3.